The van der Waals surface area contributed by atoms with Crippen molar-refractivity contribution in [2.75, 3.05) is 63.5 Å². The molecule has 11 heteroatoms. The number of methoxy groups -OCH3 is 2. The predicted molar refractivity (Wildman–Crippen MR) is 162 cm³/mol. The van der Waals surface area contributed by atoms with E-state index in [4.69, 9.17) is 33.9 Å². The number of aromatic nitrogens is 3. The average Bonchev–Trinajstić information content (AvgIpc) is 3.35. The molecule has 0 aliphatic carbocycles. The van der Waals surface area contributed by atoms with Crippen LogP contribution in [0.5, 0.6) is 11.5 Å². The number of fused-ring (bicyclic) bond motifs is 5. The number of benzene rings is 1. The summed E-state index contributed by atoms with van der Waals surface area (Å²) in [6.45, 7) is 8.68. The first-order valence-electron chi connectivity index (χ1n) is 13.5. The standard InChI is InChI=1S/C29H35N5O4S2/c1-29(2)15-18-19(16-38-29)26(34-10-12-37-13-11-34)33-27-22(18)23-24(40-27)25(32-28(31-23)39-5)30-9-8-17-6-7-20(35-3)21(14-17)36-4/h6-7,14H,8-13,15-16H2,1-5H3,(H,30,31,32). The van der Waals surface area contributed by atoms with Crippen LogP contribution in [0.25, 0.3) is 20.4 Å². The molecule has 0 spiro atoms. The highest BCUT2D eigenvalue weighted by Gasteiger charge is 2.33. The van der Waals surface area contributed by atoms with E-state index in [1.807, 2.05) is 18.4 Å². The van der Waals surface area contributed by atoms with E-state index in [2.05, 4.69) is 30.1 Å². The largest absolute Gasteiger partial charge is 0.493 e. The van der Waals surface area contributed by atoms with E-state index in [1.165, 1.54) is 11.1 Å². The molecule has 1 N–H and O–H groups in total. The van der Waals surface area contributed by atoms with Crippen molar-refractivity contribution in [2.45, 2.75) is 44.1 Å². The summed E-state index contributed by atoms with van der Waals surface area (Å²) in [7, 11) is 3.31. The number of anilines is 2. The first kappa shape index (κ1) is 27.3. The molecule has 0 bridgehead atoms. The summed E-state index contributed by atoms with van der Waals surface area (Å²) in [5, 5.41) is 5.50. The zero-order valence-electron chi connectivity index (χ0n) is 23.6. The van der Waals surface area contributed by atoms with E-state index >= 15 is 0 Å². The fraction of sp³-hybridized carbons (Fsp3) is 0.483. The van der Waals surface area contributed by atoms with Crippen LogP contribution < -0.4 is 19.7 Å². The first-order chi connectivity index (χ1) is 19.4. The van der Waals surface area contributed by atoms with Crippen molar-refractivity contribution in [3.63, 3.8) is 0 Å². The Hall–Kier alpha value is -2.86. The lowest BCUT2D eigenvalue weighted by atomic mass is 9.90. The summed E-state index contributed by atoms with van der Waals surface area (Å²) >= 11 is 3.23. The van der Waals surface area contributed by atoms with Gasteiger partial charge in [0.25, 0.3) is 0 Å². The molecule has 3 aromatic heterocycles. The van der Waals surface area contributed by atoms with Crippen molar-refractivity contribution in [3.05, 3.63) is 34.9 Å². The van der Waals surface area contributed by atoms with Crippen molar-refractivity contribution in [3.8, 4) is 11.5 Å². The van der Waals surface area contributed by atoms with E-state index in [1.54, 1.807) is 37.3 Å². The van der Waals surface area contributed by atoms with Gasteiger partial charge in [-0.3, -0.25) is 0 Å². The minimum absolute atomic E-state index is 0.256. The highest BCUT2D eigenvalue weighted by Crippen LogP contribution is 2.44. The van der Waals surface area contributed by atoms with E-state index in [0.29, 0.717) is 19.8 Å². The fourth-order valence-electron chi connectivity index (χ4n) is 5.45. The minimum atomic E-state index is -0.256. The van der Waals surface area contributed by atoms with Crippen LogP contribution in [0.1, 0.15) is 30.5 Å². The molecule has 1 aromatic carbocycles. The molecule has 2 aliphatic rings. The Kier molecular flexibility index (Phi) is 7.64. The van der Waals surface area contributed by atoms with E-state index in [-0.39, 0.29) is 5.60 Å². The van der Waals surface area contributed by atoms with Crippen molar-refractivity contribution < 1.29 is 18.9 Å². The van der Waals surface area contributed by atoms with E-state index < -0.39 is 0 Å². The molecule has 2 aliphatic heterocycles. The lowest BCUT2D eigenvalue weighted by Crippen LogP contribution is -2.39. The van der Waals surface area contributed by atoms with Crippen molar-refractivity contribution in [1.29, 1.82) is 0 Å². The van der Waals surface area contributed by atoms with Gasteiger partial charge in [-0.25, -0.2) is 15.0 Å². The van der Waals surface area contributed by atoms with Gasteiger partial charge in [-0.2, -0.15) is 0 Å². The fourth-order valence-corrected chi connectivity index (χ4v) is 6.92. The molecule has 0 saturated carbocycles. The maximum Gasteiger partial charge on any atom is 0.189 e. The molecule has 0 atom stereocenters. The number of thioether (sulfide) groups is 1. The van der Waals surface area contributed by atoms with E-state index in [0.717, 1.165) is 86.8 Å². The number of hydrogen-bond acceptors (Lipinski definition) is 11. The van der Waals surface area contributed by atoms with Crippen LogP contribution >= 0.6 is 23.1 Å². The molecule has 212 valence electrons. The highest BCUT2D eigenvalue weighted by atomic mass is 32.2. The molecule has 40 heavy (non-hydrogen) atoms. The topological polar surface area (TPSA) is 90.9 Å². The van der Waals surface area contributed by atoms with Gasteiger partial charge in [-0.15, -0.1) is 11.3 Å². The zero-order valence-corrected chi connectivity index (χ0v) is 25.3. The summed E-state index contributed by atoms with van der Waals surface area (Å²) in [6, 6.07) is 6.04. The SMILES string of the molecule is COc1ccc(CCNc2nc(SC)nc3c2sc2nc(N4CCOCC4)c4c(c23)CC(C)(C)OC4)cc1OC. The Labute approximate surface area is 242 Å². The Balaban J connectivity index is 1.41. The zero-order chi connectivity index (χ0) is 27.9. The van der Waals surface area contributed by atoms with Crippen LogP contribution in [0.4, 0.5) is 11.6 Å². The predicted octanol–water partition coefficient (Wildman–Crippen LogP) is 5.32. The second-order valence-electron chi connectivity index (χ2n) is 10.6. The molecule has 4 aromatic rings. The second-order valence-corrected chi connectivity index (χ2v) is 12.4. The monoisotopic (exact) mass is 581 g/mol. The summed E-state index contributed by atoms with van der Waals surface area (Å²) in [5.74, 6) is 3.34. The number of hydrogen-bond donors (Lipinski definition) is 1. The number of thiophene rings is 1. The van der Waals surface area contributed by atoms with Gasteiger partial charge >= 0.3 is 0 Å². The molecule has 5 heterocycles. The minimum Gasteiger partial charge on any atom is -0.493 e. The van der Waals surface area contributed by atoms with Crippen molar-refractivity contribution in [1.82, 2.24) is 15.0 Å². The summed E-state index contributed by atoms with van der Waals surface area (Å²) in [5.41, 5.74) is 4.36. The van der Waals surface area contributed by atoms with Crippen molar-refractivity contribution in [2.24, 2.45) is 0 Å². The van der Waals surface area contributed by atoms with Gasteiger partial charge in [0, 0.05) is 37.0 Å². The molecule has 0 amide bonds. The first-order valence-corrected chi connectivity index (χ1v) is 15.6. The quantitative estimate of drug-likeness (QED) is 0.218. The summed E-state index contributed by atoms with van der Waals surface area (Å²) < 4.78 is 23.8. The molecule has 1 fully saturated rings. The number of nitrogens with one attached hydrogen (secondary N) is 1. The number of morpholine rings is 1. The highest BCUT2D eigenvalue weighted by molar-refractivity contribution is 7.98. The molecular formula is C29H35N5O4S2. The van der Waals surface area contributed by atoms with Gasteiger partial charge in [0.2, 0.25) is 0 Å². The maximum atomic E-state index is 6.30. The maximum absolute atomic E-state index is 6.30. The normalized spacial score (nSPS) is 16.8. The number of ether oxygens (including phenoxy) is 4. The molecule has 1 saturated heterocycles. The Morgan fingerprint density at radius 3 is 2.62 bits per heavy atom. The Bertz CT molecular complexity index is 1550. The van der Waals surface area contributed by atoms with Gasteiger partial charge in [0.1, 0.15) is 16.5 Å². The lowest BCUT2D eigenvalue weighted by Gasteiger charge is -2.36. The molecule has 0 unspecified atom stereocenters. The van der Waals surface area contributed by atoms with Gasteiger partial charge in [0.05, 0.1) is 49.9 Å². The van der Waals surface area contributed by atoms with E-state index in [9.17, 15) is 0 Å². The number of rotatable bonds is 8. The number of pyridine rings is 1. The molecule has 0 radical (unpaired) electrons. The third kappa shape index (κ3) is 5.15. The van der Waals surface area contributed by atoms with Crippen LogP contribution in [0.3, 0.4) is 0 Å². The smallest absolute Gasteiger partial charge is 0.189 e. The van der Waals surface area contributed by atoms with Crippen LogP contribution in [-0.4, -0.2) is 73.9 Å². The number of nitrogens with zero attached hydrogens (tertiary/aromatic N) is 4. The van der Waals surface area contributed by atoms with Gasteiger partial charge in [-0.05, 0) is 49.8 Å². The molecule has 9 nitrogen and oxygen atoms in total. The molecular weight excluding hydrogens is 546 g/mol. The summed E-state index contributed by atoms with van der Waals surface area (Å²) in [6.07, 6.45) is 3.64. The lowest BCUT2D eigenvalue weighted by molar-refractivity contribution is -0.0396. The second kappa shape index (κ2) is 11.2. The van der Waals surface area contributed by atoms with Crippen LogP contribution in [0, 0.1) is 0 Å². The Morgan fingerprint density at radius 2 is 1.88 bits per heavy atom. The average molecular weight is 582 g/mol. The van der Waals surface area contributed by atoms with Crippen LogP contribution in [-0.2, 0) is 28.9 Å². The molecule has 6 rings (SSSR count). The van der Waals surface area contributed by atoms with Gasteiger partial charge in [-0.1, -0.05) is 17.8 Å². The van der Waals surface area contributed by atoms with Crippen LogP contribution in [0.15, 0.2) is 23.4 Å². The van der Waals surface area contributed by atoms with Crippen molar-refractivity contribution >= 4 is 55.2 Å². The van der Waals surface area contributed by atoms with Gasteiger partial charge < -0.3 is 29.2 Å². The Morgan fingerprint density at radius 1 is 1.07 bits per heavy atom. The summed E-state index contributed by atoms with van der Waals surface area (Å²) in [4.78, 5) is 18.5. The third-order valence-electron chi connectivity index (χ3n) is 7.49. The van der Waals surface area contributed by atoms with Crippen LogP contribution in [0.2, 0.25) is 0 Å². The third-order valence-corrected chi connectivity index (χ3v) is 9.12. The van der Waals surface area contributed by atoms with Gasteiger partial charge in [0.15, 0.2) is 16.7 Å².